The van der Waals surface area contributed by atoms with Crippen molar-refractivity contribution >= 4 is 21.0 Å². The Hall–Kier alpha value is -2.63. The number of halogens is 3. The van der Waals surface area contributed by atoms with Crippen molar-refractivity contribution in [3.8, 4) is 17.3 Å². The standard InChI is InChI=1S/C17H18F3N5O3S/c1-3-29(26,27)16-13(23-12-6-4-5-7-25(12)16)15-22-11-8-10(28-17(18,19)20)9-21-14(11)24(15)2/h8-9H,3-7H2,1-2H3. The monoisotopic (exact) mass is 429 g/mol. The average molecular weight is 429 g/mol. The van der Waals surface area contributed by atoms with E-state index in [9.17, 15) is 21.6 Å². The van der Waals surface area contributed by atoms with Crippen LogP contribution in [0.4, 0.5) is 13.2 Å². The molecule has 0 amide bonds. The predicted molar refractivity (Wildman–Crippen MR) is 97.1 cm³/mol. The van der Waals surface area contributed by atoms with Crippen molar-refractivity contribution in [3.05, 3.63) is 18.1 Å². The first-order chi connectivity index (χ1) is 13.6. The van der Waals surface area contributed by atoms with Crippen LogP contribution in [-0.4, -0.2) is 44.6 Å². The molecule has 3 aromatic rings. The van der Waals surface area contributed by atoms with Crippen molar-refractivity contribution in [2.75, 3.05) is 5.75 Å². The summed E-state index contributed by atoms with van der Waals surface area (Å²) in [6.07, 6.45) is -1.50. The lowest BCUT2D eigenvalue weighted by molar-refractivity contribution is -0.274. The average Bonchev–Trinajstić information content (AvgIpc) is 3.18. The molecule has 0 fully saturated rings. The third-order valence-corrected chi connectivity index (χ3v) is 6.60. The number of nitrogens with zero attached hydrogens (tertiary/aromatic N) is 5. The largest absolute Gasteiger partial charge is 0.573 e. The number of rotatable bonds is 4. The van der Waals surface area contributed by atoms with Crippen molar-refractivity contribution in [3.63, 3.8) is 0 Å². The summed E-state index contributed by atoms with van der Waals surface area (Å²) in [5.41, 5.74) is 0.637. The van der Waals surface area contributed by atoms with Crippen LogP contribution in [0.15, 0.2) is 17.3 Å². The van der Waals surface area contributed by atoms with E-state index in [-0.39, 0.29) is 27.8 Å². The Morgan fingerprint density at radius 3 is 2.69 bits per heavy atom. The lowest BCUT2D eigenvalue weighted by Crippen LogP contribution is -2.17. The highest BCUT2D eigenvalue weighted by Crippen LogP contribution is 2.33. The molecule has 0 saturated heterocycles. The maximum Gasteiger partial charge on any atom is 0.573 e. The van der Waals surface area contributed by atoms with Crippen LogP contribution in [0, 0.1) is 0 Å². The number of aryl methyl sites for hydroxylation is 2. The quantitative estimate of drug-likeness (QED) is 0.633. The van der Waals surface area contributed by atoms with E-state index in [0.717, 1.165) is 25.1 Å². The second-order valence-corrected chi connectivity index (χ2v) is 8.94. The van der Waals surface area contributed by atoms with Gasteiger partial charge in [0.25, 0.3) is 0 Å². The van der Waals surface area contributed by atoms with E-state index in [4.69, 9.17) is 0 Å². The Balaban J connectivity index is 1.91. The highest BCUT2D eigenvalue weighted by atomic mass is 32.2. The number of aromatic nitrogens is 5. The minimum absolute atomic E-state index is 0.0971. The highest BCUT2D eigenvalue weighted by Gasteiger charge is 2.33. The topological polar surface area (TPSA) is 91.9 Å². The Morgan fingerprint density at radius 1 is 1.24 bits per heavy atom. The van der Waals surface area contributed by atoms with E-state index < -0.39 is 21.9 Å². The summed E-state index contributed by atoms with van der Waals surface area (Å²) in [5, 5.41) is 0.0971. The summed E-state index contributed by atoms with van der Waals surface area (Å²) in [7, 11) is -1.99. The fourth-order valence-corrected chi connectivity index (χ4v) is 4.75. The molecule has 0 radical (unpaired) electrons. The zero-order chi connectivity index (χ0) is 21.0. The van der Waals surface area contributed by atoms with E-state index in [0.29, 0.717) is 24.4 Å². The number of imidazole rings is 2. The van der Waals surface area contributed by atoms with Gasteiger partial charge >= 0.3 is 6.36 Å². The Kier molecular flexibility index (Phi) is 4.56. The van der Waals surface area contributed by atoms with E-state index in [1.165, 1.54) is 4.57 Å². The van der Waals surface area contributed by atoms with Crippen LogP contribution < -0.4 is 4.74 Å². The summed E-state index contributed by atoms with van der Waals surface area (Å²) < 4.78 is 70.2. The van der Waals surface area contributed by atoms with Gasteiger partial charge in [-0.05, 0) is 12.8 Å². The molecule has 1 aliphatic heterocycles. The molecular weight excluding hydrogens is 411 g/mol. The van der Waals surface area contributed by atoms with Crippen molar-refractivity contribution in [2.24, 2.45) is 7.05 Å². The molecule has 3 aromatic heterocycles. The van der Waals surface area contributed by atoms with Crippen LogP contribution in [0.25, 0.3) is 22.7 Å². The lowest BCUT2D eigenvalue weighted by Gasteiger charge is -2.16. The molecule has 0 aromatic carbocycles. The fourth-order valence-electron chi connectivity index (χ4n) is 3.51. The van der Waals surface area contributed by atoms with Gasteiger partial charge in [-0.1, -0.05) is 6.92 Å². The zero-order valence-electron chi connectivity index (χ0n) is 15.7. The number of fused-ring (bicyclic) bond motifs is 2. The molecule has 0 spiro atoms. The van der Waals surface area contributed by atoms with Gasteiger partial charge in [0, 0.05) is 26.1 Å². The third kappa shape index (κ3) is 3.45. The molecule has 0 atom stereocenters. The van der Waals surface area contributed by atoms with Gasteiger partial charge in [0.05, 0.1) is 11.9 Å². The number of pyridine rings is 1. The third-order valence-electron chi connectivity index (χ3n) is 4.84. The van der Waals surface area contributed by atoms with Crippen molar-refractivity contribution in [2.45, 2.75) is 44.1 Å². The maximum atomic E-state index is 12.8. The van der Waals surface area contributed by atoms with Gasteiger partial charge in [-0.25, -0.2) is 23.4 Å². The van der Waals surface area contributed by atoms with Gasteiger partial charge in [0.15, 0.2) is 26.3 Å². The van der Waals surface area contributed by atoms with Crippen LogP contribution >= 0.6 is 0 Å². The fraction of sp³-hybridized carbons (Fsp3) is 0.471. The minimum Gasteiger partial charge on any atom is -0.404 e. The van der Waals surface area contributed by atoms with E-state index in [1.807, 2.05) is 0 Å². The zero-order valence-corrected chi connectivity index (χ0v) is 16.5. The molecule has 0 unspecified atom stereocenters. The first-order valence-corrected chi connectivity index (χ1v) is 10.7. The first-order valence-electron chi connectivity index (χ1n) is 9.01. The molecule has 4 heterocycles. The van der Waals surface area contributed by atoms with E-state index in [1.54, 1.807) is 18.5 Å². The number of hydrogen-bond donors (Lipinski definition) is 0. The van der Waals surface area contributed by atoms with Crippen molar-refractivity contribution < 1.29 is 26.3 Å². The summed E-state index contributed by atoms with van der Waals surface area (Å²) in [6.45, 7) is 2.10. The number of alkyl halides is 3. The lowest BCUT2D eigenvalue weighted by atomic mass is 10.2. The maximum absolute atomic E-state index is 12.8. The van der Waals surface area contributed by atoms with E-state index in [2.05, 4.69) is 19.7 Å². The molecule has 0 saturated carbocycles. The van der Waals surface area contributed by atoms with Crippen LogP contribution in [0.3, 0.4) is 0 Å². The summed E-state index contributed by atoms with van der Waals surface area (Å²) in [5.74, 6) is 0.293. The van der Waals surface area contributed by atoms with Gasteiger partial charge in [-0.3, -0.25) is 0 Å². The molecular formula is C17H18F3N5O3S. The molecule has 156 valence electrons. The highest BCUT2D eigenvalue weighted by molar-refractivity contribution is 7.91. The normalized spacial score (nSPS) is 14.9. The number of ether oxygens (including phenoxy) is 1. The van der Waals surface area contributed by atoms with Gasteiger partial charge in [-0.15, -0.1) is 13.2 Å². The first kappa shape index (κ1) is 19.7. The van der Waals surface area contributed by atoms with E-state index >= 15 is 0 Å². The molecule has 0 N–H and O–H groups in total. The number of sulfone groups is 1. The van der Waals surface area contributed by atoms with Gasteiger partial charge in [0.2, 0.25) is 0 Å². The Bertz CT molecular complexity index is 1200. The molecule has 0 bridgehead atoms. The summed E-state index contributed by atoms with van der Waals surface area (Å²) in [6, 6.07) is 1.11. The minimum atomic E-state index is -4.85. The molecule has 1 aliphatic rings. The number of hydrogen-bond acceptors (Lipinski definition) is 6. The van der Waals surface area contributed by atoms with Gasteiger partial charge in [-0.2, -0.15) is 0 Å². The Labute approximate surface area is 164 Å². The molecule has 8 nitrogen and oxygen atoms in total. The second kappa shape index (κ2) is 6.71. The molecule has 4 rings (SSSR count). The Morgan fingerprint density at radius 2 is 2.00 bits per heavy atom. The van der Waals surface area contributed by atoms with Gasteiger partial charge < -0.3 is 13.9 Å². The van der Waals surface area contributed by atoms with Crippen LogP contribution in [-0.2, 0) is 29.9 Å². The smallest absolute Gasteiger partial charge is 0.404 e. The van der Waals surface area contributed by atoms with Crippen LogP contribution in [0.1, 0.15) is 25.6 Å². The predicted octanol–water partition coefficient (Wildman–Crippen LogP) is 2.86. The van der Waals surface area contributed by atoms with Gasteiger partial charge in [0.1, 0.15) is 22.8 Å². The molecule has 29 heavy (non-hydrogen) atoms. The molecule has 0 aliphatic carbocycles. The SMILES string of the molecule is CCS(=O)(=O)c1c(-c2nc3cc(OC(F)(F)F)cnc3n2C)nc2n1CCCC2. The van der Waals surface area contributed by atoms with Crippen molar-refractivity contribution in [1.29, 1.82) is 0 Å². The summed E-state index contributed by atoms with van der Waals surface area (Å²) in [4.78, 5) is 12.9. The molecule has 12 heteroatoms. The van der Waals surface area contributed by atoms with Crippen molar-refractivity contribution in [1.82, 2.24) is 24.1 Å². The second-order valence-electron chi connectivity index (χ2n) is 6.75. The van der Waals surface area contributed by atoms with Crippen LogP contribution in [0.5, 0.6) is 5.75 Å². The van der Waals surface area contributed by atoms with Crippen LogP contribution in [0.2, 0.25) is 0 Å². The summed E-state index contributed by atoms with van der Waals surface area (Å²) >= 11 is 0.